The first-order valence-corrected chi connectivity index (χ1v) is 7.25. The Hall–Kier alpha value is -3.42. The van der Waals surface area contributed by atoms with Crippen molar-refractivity contribution in [3.05, 3.63) is 76.6 Å². The molecule has 3 rings (SSSR count). The number of nitrogens with zero attached hydrogens (tertiary/aromatic N) is 2. The molecule has 0 spiro atoms. The van der Waals surface area contributed by atoms with E-state index in [0.29, 0.717) is 30.2 Å². The second-order valence-electron chi connectivity index (χ2n) is 4.95. The van der Waals surface area contributed by atoms with Gasteiger partial charge in [-0.3, -0.25) is 14.6 Å². The van der Waals surface area contributed by atoms with Crippen LogP contribution < -0.4 is 16.2 Å². The lowest BCUT2D eigenvalue weighted by molar-refractivity contribution is 0.0943. The monoisotopic (exact) mass is 325 g/mol. The highest BCUT2D eigenvalue weighted by Crippen LogP contribution is 2.09. The maximum atomic E-state index is 12.1. The summed E-state index contributed by atoms with van der Waals surface area (Å²) in [6.45, 7) is 0.656. The van der Waals surface area contributed by atoms with Crippen LogP contribution in [0.1, 0.15) is 21.9 Å². The molecule has 3 N–H and O–H groups in total. The van der Waals surface area contributed by atoms with E-state index in [1.807, 2.05) is 0 Å². The summed E-state index contributed by atoms with van der Waals surface area (Å²) in [6.07, 6.45) is 4.43. The van der Waals surface area contributed by atoms with Gasteiger partial charge >= 0.3 is 0 Å². The number of pyridine rings is 1. The predicted molar refractivity (Wildman–Crippen MR) is 86.3 cm³/mol. The Labute approximate surface area is 137 Å². The highest BCUT2D eigenvalue weighted by molar-refractivity contribution is 5.93. The summed E-state index contributed by atoms with van der Waals surface area (Å²) in [7, 11) is 0. The quantitative estimate of drug-likeness (QED) is 0.629. The lowest BCUT2D eigenvalue weighted by Crippen LogP contribution is -2.23. The van der Waals surface area contributed by atoms with Crippen molar-refractivity contribution in [1.82, 2.24) is 20.3 Å². The number of anilines is 1. The molecule has 24 heavy (non-hydrogen) atoms. The highest BCUT2D eigenvalue weighted by atomic mass is 16.3. The normalized spacial score (nSPS) is 10.3. The van der Waals surface area contributed by atoms with Gasteiger partial charge in [0, 0.05) is 18.0 Å². The molecule has 0 aliphatic carbocycles. The fraction of sp³-hybridized carbons (Fsp3) is 0.125. The summed E-state index contributed by atoms with van der Waals surface area (Å²) < 4.78 is 5.16. The van der Waals surface area contributed by atoms with E-state index in [4.69, 9.17) is 4.42 Å². The van der Waals surface area contributed by atoms with E-state index in [2.05, 4.69) is 25.6 Å². The van der Waals surface area contributed by atoms with Crippen molar-refractivity contribution < 1.29 is 9.21 Å². The first-order valence-electron chi connectivity index (χ1n) is 7.25. The molecule has 0 aliphatic heterocycles. The van der Waals surface area contributed by atoms with Crippen molar-refractivity contribution in [2.24, 2.45) is 0 Å². The minimum Gasteiger partial charge on any atom is -0.467 e. The first kappa shape index (κ1) is 15.5. The Balaban J connectivity index is 1.60. The molecule has 0 fully saturated rings. The van der Waals surface area contributed by atoms with Crippen molar-refractivity contribution in [1.29, 1.82) is 0 Å². The SMILES string of the molecule is O=C(NCc1ccco1)c1cc(NCc2cc(=O)[nH]cn2)ccn1. The number of aromatic amines is 1. The third-order valence-electron chi connectivity index (χ3n) is 3.20. The van der Waals surface area contributed by atoms with Gasteiger partial charge in [-0.15, -0.1) is 0 Å². The van der Waals surface area contributed by atoms with Crippen molar-refractivity contribution in [3.63, 3.8) is 0 Å². The summed E-state index contributed by atoms with van der Waals surface area (Å²) in [4.78, 5) is 33.9. The summed E-state index contributed by atoms with van der Waals surface area (Å²) in [6, 6.07) is 8.31. The van der Waals surface area contributed by atoms with Gasteiger partial charge in [-0.05, 0) is 24.3 Å². The summed E-state index contributed by atoms with van der Waals surface area (Å²) in [5.74, 6) is 0.363. The topological polar surface area (TPSA) is 113 Å². The lowest BCUT2D eigenvalue weighted by Gasteiger charge is -2.07. The van der Waals surface area contributed by atoms with Gasteiger partial charge in [0.25, 0.3) is 11.5 Å². The fourth-order valence-corrected chi connectivity index (χ4v) is 2.03. The molecule has 0 radical (unpaired) electrons. The molecule has 0 aliphatic rings. The van der Waals surface area contributed by atoms with Crippen LogP contribution in [0, 0.1) is 0 Å². The fourth-order valence-electron chi connectivity index (χ4n) is 2.03. The number of hydrogen-bond acceptors (Lipinski definition) is 6. The number of H-pyrrole nitrogens is 1. The van der Waals surface area contributed by atoms with E-state index >= 15 is 0 Å². The van der Waals surface area contributed by atoms with Crippen LogP contribution in [0.5, 0.6) is 0 Å². The van der Waals surface area contributed by atoms with Crippen molar-refractivity contribution in [2.75, 3.05) is 5.32 Å². The Kier molecular flexibility index (Phi) is 4.66. The largest absolute Gasteiger partial charge is 0.467 e. The lowest BCUT2D eigenvalue weighted by atomic mass is 10.3. The molecule has 0 saturated heterocycles. The minimum absolute atomic E-state index is 0.213. The zero-order valence-corrected chi connectivity index (χ0v) is 12.7. The molecule has 0 saturated carbocycles. The maximum absolute atomic E-state index is 12.1. The van der Waals surface area contributed by atoms with Crippen LogP contribution in [-0.4, -0.2) is 20.9 Å². The van der Waals surface area contributed by atoms with Crippen LogP contribution in [0.4, 0.5) is 5.69 Å². The first-order chi connectivity index (χ1) is 11.7. The van der Waals surface area contributed by atoms with E-state index in [9.17, 15) is 9.59 Å². The Morgan fingerprint density at radius 2 is 2.12 bits per heavy atom. The van der Waals surface area contributed by atoms with Gasteiger partial charge in [0.15, 0.2) is 0 Å². The zero-order valence-electron chi connectivity index (χ0n) is 12.7. The zero-order chi connectivity index (χ0) is 16.8. The number of rotatable bonds is 6. The van der Waals surface area contributed by atoms with Gasteiger partial charge in [0.1, 0.15) is 11.5 Å². The third kappa shape index (κ3) is 4.07. The standard InChI is InChI=1S/C16H15N5O3/c22-15-7-12(20-10-21-15)8-18-11-3-4-17-14(6-11)16(23)19-9-13-2-1-5-24-13/h1-7,10H,8-9H2,(H,17,18)(H,19,23)(H,20,21,22). The Morgan fingerprint density at radius 3 is 2.92 bits per heavy atom. The number of furan rings is 1. The third-order valence-corrected chi connectivity index (χ3v) is 3.20. The van der Waals surface area contributed by atoms with Crippen LogP contribution in [0.25, 0.3) is 0 Å². The molecule has 122 valence electrons. The number of aromatic nitrogens is 3. The van der Waals surface area contributed by atoms with Gasteiger partial charge < -0.3 is 20.0 Å². The molecule has 3 aromatic heterocycles. The predicted octanol–water partition coefficient (Wildman–Crippen LogP) is 1.30. The molecule has 0 unspecified atom stereocenters. The van der Waals surface area contributed by atoms with E-state index in [0.717, 1.165) is 0 Å². The number of carbonyl (C=O) groups is 1. The maximum Gasteiger partial charge on any atom is 0.270 e. The van der Waals surface area contributed by atoms with Crippen molar-refractivity contribution >= 4 is 11.6 Å². The summed E-state index contributed by atoms with van der Waals surface area (Å²) in [5, 5.41) is 5.83. The molecule has 3 aromatic rings. The number of hydrogen-bond donors (Lipinski definition) is 3. The average molecular weight is 325 g/mol. The average Bonchev–Trinajstić information content (AvgIpc) is 3.12. The molecule has 0 atom stereocenters. The Bertz CT molecular complexity index is 873. The van der Waals surface area contributed by atoms with Crippen LogP contribution >= 0.6 is 0 Å². The molecule has 8 heteroatoms. The summed E-state index contributed by atoms with van der Waals surface area (Å²) >= 11 is 0. The number of nitrogens with one attached hydrogen (secondary N) is 3. The van der Waals surface area contributed by atoms with Gasteiger partial charge in [-0.1, -0.05) is 0 Å². The molecule has 0 bridgehead atoms. The molecule has 0 aromatic carbocycles. The Morgan fingerprint density at radius 1 is 1.21 bits per heavy atom. The van der Waals surface area contributed by atoms with Gasteiger partial charge in [-0.2, -0.15) is 0 Å². The van der Waals surface area contributed by atoms with E-state index in [1.165, 1.54) is 18.6 Å². The molecule has 8 nitrogen and oxygen atoms in total. The van der Waals surface area contributed by atoms with E-state index in [-0.39, 0.29) is 17.2 Å². The molecular weight excluding hydrogens is 310 g/mol. The van der Waals surface area contributed by atoms with Crippen LogP contribution in [0.2, 0.25) is 0 Å². The number of amides is 1. The second kappa shape index (κ2) is 7.23. The van der Waals surface area contributed by atoms with Gasteiger partial charge in [-0.25, -0.2) is 4.98 Å². The molecule has 3 heterocycles. The smallest absolute Gasteiger partial charge is 0.270 e. The van der Waals surface area contributed by atoms with Crippen LogP contribution in [0.3, 0.4) is 0 Å². The van der Waals surface area contributed by atoms with Crippen LogP contribution in [0.15, 0.2) is 58.3 Å². The van der Waals surface area contributed by atoms with Gasteiger partial charge in [0.2, 0.25) is 0 Å². The summed E-state index contributed by atoms with van der Waals surface area (Å²) in [5.41, 5.74) is 1.37. The second-order valence-corrected chi connectivity index (χ2v) is 4.95. The van der Waals surface area contributed by atoms with Crippen LogP contribution in [-0.2, 0) is 13.1 Å². The van der Waals surface area contributed by atoms with Crippen molar-refractivity contribution in [3.8, 4) is 0 Å². The highest BCUT2D eigenvalue weighted by Gasteiger charge is 2.08. The van der Waals surface area contributed by atoms with E-state index in [1.54, 1.807) is 30.5 Å². The molecular formula is C16H15N5O3. The minimum atomic E-state index is -0.302. The van der Waals surface area contributed by atoms with Crippen molar-refractivity contribution in [2.45, 2.75) is 13.1 Å². The van der Waals surface area contributed by atoms with Gasteiger partial charge in [0.05, 0.1) is 31.4 Å². The van der Waals surface area contributed by atoms with E-state index < -0.39 is 0 Å². The molecule has 1 amide bonds. The number of carbonyl (C=O) groups excluding carboxylic acids is 1.